The summed E-state index contributed by atoms with van der Waals surface area (Å²) in [5, 5.41) is 14.7. The smallest absolute Gasteiger partial charge is 0.253 e. The summed E-state index contributed by atoms with van der Waals surface area (Å²) in [7, 11) is 0. The Bertz CT molecular complexity index is 1390. The van der Waals surface area contributed by atoms with Crippen LogP contribution in [0.5, 0.6) is 0 Å². The zero-order valence-corrected chi connectivity index (χ0v) is 21.9. The van der Waals surface area contributed by atoms with E-state index in [1.807, 2.05) is 84.4 Å². The molecule has 0 saturated heterocycles. The van der Waals surface area contributed by atoms with Crippen LogP contribution in [0.4, 0.5) is 11.4 Å². The first kappa shape index (κ1) is 23.7. The van der Waals surface area contributed by atoms with E-state index in [0.717, 1.165) is 36.3 Å². The third-order valence-corrected chi connectivity index (χ3v) is 8.69. The van der Waals surface area contributed by atoms with Gasteiger partial charge in [0.2, 0.25) is 5.91 Å². The molecule has 9 heteroatoms. The van der Waals surface area contributed by atoms with Crippen molar-refractivity contribution in [2.45, 2.75) is 12.8 Å². The van der Waals surface area contributed by atoms with Gasteiger partial charge in [-0.1, -0.05) is 45.9 Å². The number of amides is 2. The molecule has 2 aromatic carbocycles. The van der Waals surface area contributed by atoms with Gasteiger partial charge in [-0.3, -0.25) is 15.0 Å². The number of nitrogens with zero attached hydrogens (tertiary/aromatic N) is 1. The molecule has 35 heavy (non-hydrogen) atoms. The van der Waals surface area contributed by atoms with Crippen LogP contribution in [0.25, 0.3) is 0 Å². The number of fused-ring (bicyclic) bond motifs is 3. The standard InChI is InChI=1S/C26H21BrN4O2S2/c1-15-21(25(33)30-17-6-3-2-4-7-17)22-19-8-5-13-31(19)24(28)23(22)26(35-15)34-14-20(32)29-18-11-9-16(27)10-12-18/h2-13,22,28H,14H2,1H3,(H,29,32)(H,30,33). The van der Waals surface area contributed by atoms with E-state index in [1.54, 1.807) is 0 Å². The monoisotopic (exact) mass is 564 g/mol. The molecule has 2 aliphatic rings. The maximum Gasteiger partial charge on any atom is 0.253 e. The highest BCUT2D eigenvalue weighted by Gasteiger charge is 2.43. The van der Waals surface area contributed by atoms with Crippen LogP contribution in [0.15, 0.2) is 97.7 Å². The van der Waals surface area contributed by atoms with Crippen molar-refractivity contribution >= 4 is 68.5 Å². The van der Waals surface area contributed by atoms with Crippen molar-refractivity contribution < 1.29 is 9.59 Å². The predicted molar refractivity (Wildman–Crippen MR) is 148 cm³/mol. The average Bonchev–Trinajstić information content (AvgIpc) is 3.43. The lowest BCUT2D eigenvalue weighted by molar-refractivity contribution is -0.114. The minimum absolute atomic E-state index is 0.124. The Morgan fingerprint density at radius 3 is 2.49 bits per heavy atom. The van der Waals surface area contributed by atoms with Crippen molar-refractivity contribution in [3.05, 3.63) is 103 Å². The van der Waals surface area contributed by atoms with Crippen LogP contribution in [0.1, 0.15) is 18.5 Å². The second kappa shape index (κ2) is 9.93. The van der Waals surface area contributed by atoms with Gasteiger partial charge in [-0.25, -0.2) is 0 Å². The number of anilines is 2. The summed E-state index contributed by atoms with van der Waals surface area (Å²) >= 11 is 6.26. The van der Waals surface area contributed by atoms with E-state index in [0.29, 0.717) is 11.4 Å². The lowest BCUT2D eigenvalue weighted by atomic mass is 9.89. The zero-order chi connectivity index (χ0) is 24.5. The van der Waals surface area contributed by atoms with E-state index in [4.69, 9.17) is 5.41 Å². The highest BCUT2D eigenvalue weighted by atomic mass is 79.9. The summed E-state index contributed by atoms with van der Waals surface area (Å²) in [6.07, 6.45) is 1.85. The van der Waals surface area contributed by atoms with Crippen molar-refractivity contribution in [3.63, 3.8) is 0 Å². The van der Waals surface area contributed by atoms with E-state index in [-0.39, 0.29) is 23.5 Å². The maximum atomic E-state index is 13.4. The minimum Gasteiger partial charge on any atom is -0.325 e. The molecule has 0 fully saturated rings. The van der Waals surface area contributed by atoms with Gasteiger partial charge in [0.05, 0.1) is 15.9 Å². The summed E-state index contributed by atoms with van der Waals surface area (Å²) < 4.78 is 3.64. The van der Waals surface area contributed by atoms with E-state index >= 15 is 0 Å². The minimum atomic E-state index is -0.348. The van der Waals surface area contributed by atoms with Crippen molar-refractivity contribution in [3.8, 4) is 0 Å². The first-order valence-electron chi connectivity index (χ1n) is 10.9. The lowest BCUT2D eigenvalue weighted by Gasteiger charge is -2.26. The molecule has 3 N–H and O–H groups in total. The molecule has 0 radical (unpaired) electrons. The van der Waals surface area contributed by atoms with Crippen LogP contribution in [0.2, 0.25) is 0 Å². The quantitative estimate of drug-likeness (QED) is 0.322. The van der Waals surface area contributed by atoms with Gasteiger partial charge >= 0.3 is 0 Å². The largest absolute Gasteiger partial charge is 0.325 e. The molecule has 1 atom stereocenters. The molecule has 5 rings (SSSR count). The highest BCUT2D eigenvalue weighted by Crippen LogP contribution is 2.53. The number of benzene rings is 2. The summed E-state index contributed by atoms with van der Waals surface area (Å²) in [4.78, 5) is 26.9. The molecule has 176 valence electrons. The molecule has 3 heterocycles. The third-order valence-electron chi connectivity index (χ3n) is 5.73. The molecule has 1 unspecified atom stereocenters. The zero-order valence-electron chi connectivity index (χ0n) is 18.7. The number of halogens is 1. The molecule has 2 amide bonds. The third kappa shape index (κ3) is 4.76. The van der Waals surface area contributed by atoms with Gasteiger partial charge in [0.25, 0.3) is 5.91 Å². The topological polar surface area (TPSA) is 87.0 Å². The number of hydrogen-bond donors (Lipinski definition) is 3. The van der Waals surface area contributed by atoms with E-state index in [2.05, 4.69) is 26.6 Å². The molecule has 0 spiro atoms. The first-order valence-corrected chi connectivity index (χ1v) is 13.5. The molecule has 0 aliphatic carbocycles. The van der Waals surface area contributed by atoms with Crippen LogP contribution in [-0.4, -0.2) is 28.0 Å². The van der Waals surface area contributed by atoms with Gasteiger partial charge < -0.3 is 15.2 Å². The van der Waals surface area contributed by atoms with Crippen molar-refractivity contribution in [2.24, 2.45) is 0 Å². The van der Waals surface area contributed by atoms with Crippen LogP contribution in [-0.2, 0) is 9.59 Å². The maximum absolute atomic E-state index is 13.4. The van der Waals surface area contributed by atoms with Crippen LogP contribution >= 0.6 is 39.5 Å². The Balaban J connectivity index is 1.40. The van der Waals surface area contributed by atoms with Crippen molar-refractivity contribution in [1.82, 2.24) is 4.57 Å². The van der Waals surface area contributed by atoms with Crippen LogP contribution in [0.3, 0.4) is 0 Å². The van der Waals surface area contributed by atoms with Gasteiger partial charge in [0, 0.05) is 38.9 Å². The van der Waals surface area contributed by atoms with Crippen LogP contribution < -0.4 is 10.6 Å². The Morgan fingerprint density at radius 2 is 1.74 bits per heavy atom. The van der Waals surface area contributed by atoms with Gasteiger partial charge in [-0.2, -0.15) is 0 Å². The Hall–Kier alpha value is -3.01. The first-order chi connectivity index (χ1) is 16.9. The molecule has 2 aliphatic heterocycles. The fraction of sp³-hybridized carbons (Fsp3) is 0.115. The summed E-state index contributed by atoms with van der Waals surface area (Å²) in [5.74, 6) is -0.102. The number of thioether (sulfide) groups is 2. The van der Waals surface area contributed by atoms with E-state index in [1.165, 1.54) is 23.5 Å². The summed E-state index contributed by atoms with van der Waals surface area (Å²) in [6.45, 7) is 1.93. The van der Waals surface area contributed by atoms with E-state index < -0.39 is 0 Å². The number of carbonyl (C=O) groups is 2. The second-order valence-corrected chi connectivity index (χ2v) is 11.4. The van der Waals surface area contributed by atoms with Crippen molar-refractivity contribution in [2.75, 3.05) is 16.4 Å². The molecule has 0 saturated carbocycles. The lowest BCUT2D eigenvalue weighted by Crippen LogP contribution is -2.23. The number of rotatable bonds is 6. The molecular weight excluding hydrogens is 544 g/mol. The molecule has 3 aromatic rings. The average molecular weight is 566 g/mol. The SMILES string of the molecule is CC1=C(C(=O)Nc2ccccc2)C2C(=C(SCC(=O)Nc3ccc(Br)cc3)S1)C(=N)n1cccc12. The normalized spacial score (nSPS) is 16.7. The van der Waals surface area contributed by atoms with Gasteiger partial charge in [-0.15, -0.1) is 11.8 Å². The highest BCUT2D eigenvalue weighted by molar-refractivity contribution is 9.10. The van der Waals surface area contributed by atoms with Crippen molar-refractivity contribution in [1.29, 1.82) is 5.41 Å². The Morgan fingerprint density at radius 1 is 1.03 bits per heavy atom. The number of carbonyl (C=O) groups excluding carboxylic acids is 2. The van der Waals surface area contributed by atoms with Gasteiger partial charge in [0.1, 0.15) is 5.84 Å². The van der Waals surface area contributed by atoms with E-state index in [9.17, 15) is 9.59 Å². The fourth-order valence-electron chi connectivity index (χ4n) is 4.19. The summed E-state index contributed by atoms with van der Waals surface area (Å²) in [6, 6.07) is 20.6. The molecular formula is C26H21BrN4O2S2. The Kier molecular flexibility index (Phi) is 6.73. The number of allylic oxidation sites excluding steroid dienone is 2. The molecule has 1 aromatic heterocycles. The number of aromatic nitrogens is 1. The van der Waals surface area contributed by atoms with Gasteiger partial charge in [-0.05, 0) is 60.4 Å². The molecule has 6 nitrogen and oxygen atoms in total. The fourth-order valence-corrected chi connectivity index (χ4v) is 6.87. The number of para-hydroxylation sites is 1. The summed E-state index contributed by atoms with van der Waals surface area (Å²) in [5.41, 5.74) is 3.75. The number of nitrogens with one attached hydrogen (secondary N) is 3. The van der Waals surface area contributed by atoms with Gasteiger partial charge in [0.15, 0.2) is 0 Å². The Labute approximate surface area is 219 Å². The van der Waals surface area contributed by atoms with Crippen LogP contribution in [0, 0.1) is 5.41 Å². The predicted octanol–water partition coefficient (Wildman–Crippen LogP) is 6.42. The second-order valence-electron chi connectivity index (χ2n) is 8.02. The molecule has 0 bridgehead atoms. The number of hydrogen-bond acceptors (Lipinski definition) is 5.